The van der Waals surface area contributed by atoms with Crippen LogP contribution in [0, 0.1) is 0 Å². The SMILES string of the molecule is CC(C)(C)N(C(=O)O)[C@H]1CC=C(C(F)(F)F)C[C@@H]1N. The summed E-state index contributed by atoms with van der Waals surface area (Å²) in [6.07, 6.45) is -4.88. The highest BCUT2D eigenvalue weighted by atomic mass is 19.4. The van der Waals surface area contributed by atoms with Gasteiger partial charge in [0, 0.05) is 17.2 Å². The molecule has 2 atom stereocenters. The molecule has 19 heavy (non-hydrogen) atoms. The lowest BCUT2D eigenvalue weighted by molar-refractivity contribution is -0.0967. The van der Waals surface area contributed by atoms with Gasteiger partial charge in [-0.2, -0.15) is 13.2 Å². The quantitative estimate of drug-likeness (QED) is 0.726. The topological polar surface area (TPSA) is 66.6 Å². The van der Waals surface area contributed by atoms with Crippen molar-refractivity contribution in [3.8, 4) is 0 Å². The highest BCUT2D eigenvalue weighted by Gasteiger charge is 2.42. The predicted octanol–water partition coefficient (Wildman–Crippen LogP) is 2.74. The van der Waals surface area contributed by atoms with Crippen LogP contribution in [0.3, 0.4) is 0 Å². The van der Waals surface area contributed by atoms with Crippen LogP contribution in [0.5, 0.6) is 0 Å². The number of amides is 1. The lowest BCUT2D eigenvalue weighted by Crippen LogP contribution is -2.58. The van der Waals surface area contributed by atoms with E-state index in [-0.39, 0.29) is 12.8 Å². The smallest absolute Gasteiger partial charge is 0.412 e. The summed E-state index contributed by atoms with van der Waals surface area (Å²) in [7, 11) is 0. The second-order valence-corrected chi connectivity index (χ2v) is 5.72. The highest BCUT2D eigenvalue weighted by molar-refractivity contribution is 5.66. The molecule has 0 bridgehead atoms. The zero-order valence-corrected chi connectivity index (χ0v) is 11.2. The first kappa shape index (κ1) is 15.8. The van der Waals surface area contributed by atoms with Gasteiger partial charge in [-0.25, -0.2) is 4.79 Å². The molecule has 0 fully saturated rings. The maximum Gasteiger partial charge on any atom is 0.412 e. The Morgan fingerprint density at radius 1 is 1.42 bits per heavy atom. The number of rotatable bonds is 1. The number of carboxylic acid groups (broad SMARTS) is 1. The van der Waals surface area contributed by atoms with Gasteiger partial charge in [-0.05, 0) is 33.6 Å². The Balaban J connectivity index is 2.99. The molecule has 0 radical (unpaired) electrons. The Kier molecular flexibility index (Phi) is 4.19. The molecule has 0 saturated heterocycles. The van der Waals surface area contributed by atoms with Gasteiger partial charge in [-0.15, -0.1) is 0 Å². The van der Waals surface area contributed by atoms with E-state index in [2.05, 4.69) is 0 Å². The van der Waals surface area contributed by atoms with E-state index in [1.165, 1.54) is 0 Å². The minimum atomic E-state index is -4.39. The van der Waals surface area contributed by atoms with E-state index in [0.29, 0.717) is 0 Å². The molecule has 3 N–H and O–H groups in total. The summed E-state index contributed by atoms with van der Waals surface area (Å²) < 4.78 is 37.7. The predicted molar refractivity (Wildman–Crippen MR) is 64.8 cm³/mol. The molecule has 7 heteroatoms. The zero-order chi connectivity index (χ0) is 15.0. The van der Waals surface area contributed by atoms with Crippen molar-refractivity contribution in [1.82, 2.24) is 4.90 Å². The first-order valence-corrected chi connectivity index (χ1v) is 5.98. The van der Waals surface area contributed by atoms with E-state index in [9.17, 15) is 23.1 Å². The Morgan fingerprint density at radius 2 is 1.95 bits per heavy atom. The van der Waals surface area contributed by atoms with Crippen LogP contribution in [0.1, 0.15) is 33.6 Å². The summed E-state index contributed by atoms with van der Waals surface area (Å²) in [6, 6.07) is -1.49. The van der Waals surface area contributed by atoms with Crippen LogP contribution < -0.4 is 5.73 Å². The summed E-state index contributed by atoms with van der Waals surface area (Å²) in [5.74, 6) is 0. The fraction of sp³-hybridized carbons (Fsp3) is 0.750. The van der Waals surface area contributed by atoms with Crippen molar-refractivity contribution in [2.24, 2.45) is 5.73 Å². The molecule has 0 unspecified atom stereocenters. The number of hydrogen-bond acceptors (Lipinski definition) is 2. The van der Waals surface area contributed by atoms with Crippen molar-refractivity contribution in [2.75, 3.05) is 0 Å². The van der Waals surface area contributed by atoms with E-state index >= 15 is 0 Å². The fourth-order valence-electron chi connectivity index (χ4n) is 2.37. The first-order valence-electron chi connectivity index (χ1n) is 5.98. The molecule has 0 aliphatic heterocycles. The van der Waals surface area contributed by atoms with E-state index in [0.717, 1.165) is 11.0 Å². The summed E-state index contributed by atoms with van der Waals surface area (Å²) in [6.45, 7) is 5.07. The van der Waals surface area contributed by atoms with Crippen molar-refractivity contribution in [3.05, 3.63) is 11.6 Å². The molecule has 0 aromatic carbocycles. The molecule has 0 saturated carbocycles. The first-order chi connectivity index (χ1) is 8.44. The average molecular weight is 280 g/mol. The van der Waals surface area contributed by atoms with Gasteiger partial charge < -0.3 is 10.8 Å². The Labute approximate surface area is 110 Å². The third-order valence-electron chi connectivity index (χ3n) is 3.18. The maximum atomic E-state index is 12.6. The normalized spacial score (nSPS) is 24.9. The van der Waals surface area contributed by atoms with Gasteiger partial charge in [0.15, 0.2) is 0 Å². The monoisotopic (exact) mass is 280 g/mol. The van der Waals surface area contributed by atoms with Crippen LogP contribution >= 0.6 is 0 Å². The lowest BCUT2D eigenvalue weighted by atomic mass is 9.87. The largest absolute Gasteiger partial charge is 0.465 e. The van der Waals surface area contributed by atoms with Gasteiger partial charge in [0.1, 0.15) is 0 Å². The molecule has 0 aromatic heterocycles. The molecule has 1 aliphatic carbocycles. The minimum Gasteiger partial charge on any atom is -0.465 e. The Bertz CT molecular complexity index is 385. The number of nitrogens with zero attached hydrogens (tertiary/aromatic N) is 1. The Hall–Kier alpha value is -1.24. The molecular weight excluding hydrogens is 261 g/mol. The molecule has 1 aliphatic rings. The zero-order valence-electron chi connectivity index (χ0n) is 11.2. The van der Waals surface area contributed by atoms with Crippen molar-refractivity contribution in [1.29, 1.82) is 0 Å². The van der Waals surface area contributed by atoms with E-state index in [4.69, 9.17) is 5.73 Å². The second kappa shape index (κ2) is 5.03. The summed E-state index contributed by atoms with van der Waals surface area (Å²) >= 11 is 0. The summed E-state index contributed by atoms with van der Waals surface area (Å²) in [4.78, 5) is 12.4. The number of halogens is 3. The third-order valence-corrected chi connectivity index (χ3v) is 3.18. The number of nitrogens with two attached hydrogens (primary N) is 1. The number of carbonyl (C=O) groups is 1. The van der Waals surface area contributed by atoms with Crippen LogP contribution in [0.2, 0.25) is 0 Å². The molecule has 0 aromatic rings. The van der Waals surface area contributed by atoms with Crippen LogP contribution in [-0.4, -0.2) is 39.9 Å². The third kappa shape index (κ3) is 3.62. The lowest BCUT2D eigenvalue weighted by Gasteiger charge is -2.43. The van der Waals surface area contributed by atoms with Crippen molar-refractivity contribution < 1.29 is 23.1 Å². The van der Waals surface area contributed by atoms with Crippen molar-refractivity contribution in [2.45, 2.75) is 57.4 Å². The standard InChI is InChI=1S/C12H19F3N2O2/c1-11(2,3)17(10(18)19)9-5-4-7(6-8(9)16)12(13,14)15/h4,8-9H,5-6,16H2,1-3H3,(H,18,19)/t8-,9-/m0/s1. The minimum absolute atomic E-state index is 0.0143. The van der Waals surface area contributed by atoms with Gasteiger partial charge in [-0.3, -0.25) is 4.90 Å². The van der Waals surface area contributed by atoms with Crippen molar-refractivity contribution >= 4 is 6.09 Å². The van der Waals surface area contributed by atoms with Crippen LogP contribution in [-0.2, 0) is 0 Å². The molecule has 1 rings (SSSR count). The van der Waals surface area contributed by atoms with E-state index in [1.807, 2.05) is 0 Å². The van der Waals surface area contributed by atoms with Gasteiger partial charge >= 0.3 is 12.3 Å². The average Bonchev–Trinajstić information content (AvgIpc) is 2.16. The summed E-state index contributed by atoms with van der Waals surface area (Å²) in [5.41, 5.74) is 4.37. The van der Waals surface area contributed by atoms with Gasteiger partial charge in [0.25, 0.3) is 0 Å². The second-order valence-electron chi connectivity index (χ2n) is 5.72. The number of alkyl halides is 3. The maximum absolute atomic E-state index is 12.6. The summed E-state index contributed by atoms with van der Waals surface area (Å²) in [5, 5.41) is 9.23. The van der Waals surface area contributed by atoms with Gasteiger partial charge in [0.05, 0.1) is 6.04 Å². The van der Waals surface area contributed by atoms with Gasteiger partial charge in [0.2, 0.25) is 0 Å². The molecule has 1 amide bonds. The highest BCUT2D eigenvalue weighted by Crippen LogP contribution is 2.35. The van der Waals surface area contributed by atoms with E-state index < -0.39 is 35.5 Å². The van der Waals surface area contributed by atoms with Crippen molar-refractivity contribution in [3.63, 3.8) is 0 Å². The Morgan fingerprint density at radius 3 is 2.26 bits per heavy atom. The molecule has 110 valence electrons. The molecule has 0 spiro atoms. The molecular formula is C12H19F3N2O2. The molecule has 0 heterocycles. The van der Waals surface area contributed by atoms with Crippen LogP contribution in [0.4, 0.5) is 18.0 Å². The van der Waals surface area contributed by atoms with Crippen LogP contribution in [0.25, 0.3) is 0 Å². The van der Waals surface area contributed by atoms with Gasteiger partial charge in [-0.1, -0.05) is 6.08 Å². The van der Waals surface area contributed by atoms with Crippen LogP contribution in [0.15, 0.2) is 11.6 Å². The molecule has 4 nitrogen and oxygen atoms in total. The number of hydrogen-bond donors (Lipinski definition) is 2. The van der Waals surface area contributed by atoms with E-state index in [1.54, 1.807) is 20.8 Å². The fourth-order valence-corrected chi connectivity index (χ4v) is 2.37.